The van der Waals surface area contributed by atoms with Crippen molar-refractivity contribution in [2.75, 3.05) is 43.1 Å². The Morgan fingerprint density at radius 3 is 2.39 bits per heavy atom. The van der Waals surface area contributed by atoms with Gasteiger partial charge in [0.1, 0.15) is 0 Å². The van der Waals surface area contributed by atoms with Gasteiger partial charge in [0.2, 0.25) is 11.8 Å². The van der Waals surface area contributed by atoms with Gasteiger partial charge < -0.3 is 19.7 Å². The van der Waals surface area contributed by atoms with E-state index in [1.807, 2.05) is 0 Å². The van der Waals surface area contributed by atoms with Crippen LogP contribution in [0, 0.1) is 0 Å². The van der Waals surface area contributed by atoms with Crippen LogP contribution in [-0.4, -0.2) is 67.5 Å². The molecule has 0 radical (unpaired) electrons. The second-order valence-corrected chi connectivity index (χ2v) is 7.64. The van der Waals surface area contributed by atoms with Crippen LogP contribution in [0.2, 0.25) is 0 Å². The Kier molecular flexibility index (Phi) is 7.57. The number of hydrogen-bond acceptors (Lipinski definition) is 7. The molecule has 0 bridgehead atoms. The minimum Gasteiger partial charge on any atom is -0.452 e. The molecule has 0 unspecified atom stereocenters. The molecule has 1 atom stereocenters. The van der Waals surface area contributed by atoms with Gasteiger partial charge in [-0.05, 0) is 25.1 Å². The van der Waals surface area contributed by atoms with Gasteiger partial charge in [0.25, 0.3) is 5.91 Å². The Balaban J connectivity index is 1.65. The average molecular weight is 471 g/mol. The number of ether oxygens (including phenoxy) is 2. The SMILES string of the molecule is C[C@@H](OC(=O)CCN1C(=O)CCC1=O)C(=O)Nc1cc(C(F)(F)F)ccc1N1CCOCC1. The number of carbonyl (C=O) groups excluding carboxylic acids is 4. The van der Waals surface area contributed by atoms with Crippen molar-refractivity contribution < 1.29 is 41.8 Å². The fourth-order valence-corrected chi connectivity index (χ4v) is 3.51. The summed E-state index contributed by atoms with van der Waals surface area (Å²) in [5, 5.41) is 2.42. The molecule has 2 saturated heterocycles. The molecular formula is C21H24F3N3O6. The van der Waals surface area contributed by atoms with E-state index < -0.39 is 29.7 Å². The van der Waals surface area contributed by atoms with E-state index in [1.54, 1.807) is 4.90 Å². The van der Waals surface area contributed by atoms with E-state index in [-0.39, 0.29) is 43.3 Å². The van der Waals surface area contributed by atoms with E-state index in [9.17, 15) is 32.3 Å². The zero-order valence-corrected chi connectivity index (χ0v) is 17.9. The quantitative estimate of drug-likeness (QED) is 0.479. The van der Waals surface area contributed by atoms with Gasteiger partial charge in [0, 0.05) is 32.5 Å². The summed E-state index contributed by atoms with van der Waals surface area (Å²) < 4.78 is 49.9. The second-order valence-electron chi connectivity index (χ2n) is 7.64. The summed E-state index contributed by atoms with van der Waals surface area (Å²) in [5.41, 5.74) is -0.600. The number of nitrogens with one attached hydrogen (secondary N) is 1. The van der Waals surface area contributed by atoms with Crippen molar-refractivity contribution in [1.82, 2.24) is 4.90 Å². The number of halogens is 3. The summed E-state index contributed by atoms with van der Waals surface area (Å²) in [6, 6.07) is 3.05. The normalized spacial score (nSPS) is 17.8. The Morgan fingerprint density at radius 2 is 1.79 bits per heavy atom. The van der Waals surface area contributed by atoms with Gasteiger partial charge in [0.15, 0.2) is 6.10 Å². The van der Waals surface area contributed by atoms with Gasteiger partial charge >= 0.3 is 12.1 Å². The number of nitrogens with zero attached hydrogens (tertiary/aromatic N) is 2. The molecule has 1 N–H and O–H groups in total. The Hall–Kier alpha value is -3.15. The Labute approximate surface area is 187 Å². The maximum Gasteiger partial charge on any atom is 0.416 e. The summed E-state index contributed by atoms with van der Waals surface area (Å²) >= 11 is 0. The molecule has 2 aliphatic rings. The summed E-state index contributed by atoms with van der Waals surface area (Å²) in [7, 11) is 0. The molecule has 9 nitrogen and oxygen atoms in total. The molecule has 2 fully saturated rings. The lowest BCUT2D eigenvalue weighted by molar-refractivity contribution is -0.154. The van der Waals surface area contributed by atoms with E-state index in [4.69, 9.17) is 9.47 Å². The number of likely N-dealkylation sites (tertiary alicyclic amines) is 1. The molecule has 12 heteroatoms. The zero-order chi connectivity index (χ0) is 24.2. The van der Waals surface area contributed by atoms with Crippen LogP contribution in [-0.2, 0) is 34.8 Å². The van der Waals surface area contributed by atoms with Crippen molar-refractivity contribution in [2.24, 2.45) is 0 Å². The maximum absolute atomic E-state index is 13.2. The maximum atomic E-state index is 13.2. The number of carbonyl (C=O) groups is 4. The van der Waals surface area contributed by atoms with Crippen LogP contribution in [0.4, 0.5) is 24.5 Å². The fourth-order valence-electron chi connectivity index (χ4n) is 3.51. The number of benzene rings is 1. The van der Waals surface area contributed by atoms with E-state index in [0.717, 1.165) is 17.0 Å². The molecule has 0 aliphatic carbocycles. The van der Waals surface area contributed by atoms with Gasteiger partial charge in [0.05, 0.1) is 36.6 Å². The van der Waals surface area contributed by atoms with E-state index in [1.165, 1.54) is 13.0 Å². The summed E-state index contributed by atoms with van der Waals surface area (Å²) in [6.45, 7) is 2.79. The van der Waals surface area contributed by atoms with Gasteiger partial charge in [-0.1, -0.05) is 0 Å². The topological polar surface area (TPSA) is 105 Å². The molecule has 33 heavy (non-hydrogen) atoms. The van der Waals surface area contributed by atoms with E-state index in [2.05, 4.69) is 5.32 Å². The number of anilines is 2. The van der Waals surface area contributed by atoms with Crippen LogP contribution in [0.3, 0.4) is 0 Å². The van der Waals surface area contributed by atoms with Crippen LogP contribution in [0.1, 0.15) is 31.7 Å². The zero-order valence-electron chi connectivity index (χ0n) is 17.9. The number of hydrogen-bond donors (Lipinski definition) is 1. The number of rotatable bonds is 7. The van der Waals surface area contributed by atoms with Crippen molar-refractivity contribution in [3.05, 3.63) is 23.8 Å². The molecule has 0 aromatic heterocycles. The largest absolute Gasteiger partial charge is 0.452 e. The number of imide groups is 1. The molecule has 2 heterocycles. The van der Waals surface area contributed by atoms with Crippen molar-refractivity contribution in [1.29, 1.82) is 0 Å². The van der Waals surface area contributed by atoms with Crippen LogP contribution in [0.25, 0.3) is 0 Å². The van der Waals surface area contributed by atoms with Gasteiger partial charge in [-0.2, -0.15) is 13.2 Å². The van der Waals surface area contributed by atoms with Gasteiger partial charge in [-0.3, -0.25) is 24.1 Å². The highest BCUT2D eigenvalue weighted by molar-refractivity contribution is 6.02. The lowest BCUT2D eigenvalue weighted by Gasteiger charge is -2.31. The first-order chi connectivity index (χ1) is 15.6. The van der Waals surface area contributed by atoms with Crippen LogP contribution < -0.4 is 10.2 Å². The first kappa shape index (κ1) is 24.5. The molecule has 0 saturated carbocycles. The van der Waals surface area contributed by atoms with Crippen LogP contribution >= 0.6 is 0 Å². The predicted octanol–water partition coefficient (Wildman–Crippen LogP) is 1.95. The lowest BCUT2D eigenvalue weighted by Crippen LogP contribution is -2.37. The Bertz CT molecular complexity index is 914. The monoisotopic (exact) mass is 471 g/mol. The summed E-state index contributed by atoms with van der Waals surface area (Å²) in [4.78, 5) is 50.6. The van der Waals surface area contributed by atoms with E-state index in [0.29, 0.717) is 32.0 Å². The van der Waals surface area contributed by atoms with Crippen molar-refractivity contribution in [3.63, 3.8) is 0 Å². The third-order valence-corrected chi connectivity index (χ3v) is 5.31. The Morgan fingerprint density at radius 1 is 1.15 bits per heavy atom. The number of amides is 3. The smallest absolute Gasteiger partial charge is 0.416 e. The summed E-state index contributed by atoms with van der Waals surface area (Å²) in [5.74, 6) is -2.38. The molecular weight excluding hydrogens is 447 g/mol. The second kappa shape index (κ2) is 10.2. The van der Waals surface area contributed by atoms with Crippen molar-refractivity contribution >= 4 is 35.1 Å². The molecule has 2 aliphatic heterocycles. The van der Waals surface area contributed by atoms with Crippen molar-refractivity contribution in [2.45, 2.75) is 38.5 Å². The third-order valence-electron chi connectivity index (χ3n) is 5.31. The highest BCUT2D eigenvalue weighted by Gasteiger charge is 2.33. The molecule has 180 valence electrons. The highest BCUT2D eigenvalue weighted by Crippen LogP contribution is 2.36. The molecule has 0 spiro atoms. The third kappa shape index (κ3) is 6.21. The minimum atomic E-state index is -4.61. The molecule has 1 aromatic carbocycles. The number of morpholine rings is 1. The lowest BCUT2D eigenvalue weighted by atomic mass is 10.1. The van der Waals surface area contributed by atoms with Gasteiger partial charge in [-0.15, -0.1) is 0 Å². The fraction of sp³-hybridized carbons (Fsp3) is 0.524. The first-order valence-electron chi connectivity index (χ1n) is 10.4. The summed E-state index contributed by atoms with van der Waals surface area (Å²) in [6.07, 6.45) is -6.03. The highest BCUT2D eigenvalue weighted by atomic mass is 19.4. The molecule has 1 aromatic rings. The molecule has 3 amide bonds. The minimum absolute atomic E-state index is 0.0621. The van der Waals surface area contributed by atoms with Crippen molar-refractivity contribution in [3.8, 4) is 0 Å². The number of esters is 1. The standard InChI is InChI=1S/C21H24F3N3O6/c1-13(33-19(30)6-7-27-17(28)4-5-18(27)29)20(31)25-15-12-14(21(22,23)24)2-3-16(15)26-8-10-32-11-9-26/h2-3,12-13H,4-11H2,1H3,(H,25,31)/t13-/m1/s1. The number of alkyl halides is 3. The molecule has 3 rings (SSSR count). The van der Waals surface area contributed by atoms with Gasteiger partial charge in [-0.25, -0.2) is 0 Å². The predicted molar refractivity (Wildman–Crippen MR) is 109 cm³/mol. The van der Waals surface area contributed by atoms with Crippen LogP contribution in [0.15, 0.2) is 18.2 Å². The van der Waals surface area contributed by atoms with E-state index >= 15 is 0 Å². The first-order valence-corrected chi connectivity index (χ1v) is 10.4. The average Bonchev–Trinajstić information content (AvgIpc) is 3.09. The van der Waals surface area contributed by atoms with Crippen LogP contribution in [0.5, 0.6) is 0 Å².